The third kappa shape index (κ3) is 3.47. The van der Waals surface area contributed by atoms with Gasteiger partial charge < -0.3 is 14.8 Å². The Balaban J connectivity index is 2.51. The number of benzene rings is 1. The summed E-state index contributed by atoms with van der Waals surface area (Å²) < 4.78 is 10.9. The summed E-state index contributed by atoms with van der Waals surface area (Å²) in [7, 11) is 2.98. The van der Waals surface area contributed by atoms with E-state index in [0.29, 0.717) is 5.82 Å². The molecule has 0 radical (unpaired) electrons. The van der Waals surface area contributed by atoms with Crippen LogP contribution in [0.1, 0.15) is 27.2 Å². The van der Waals surface area contributed by atoms with Crippen molar-refractivity contribution >= 4 is 33.4 Å². The molecule has 1 aromatic carbocycles. The second kappa shape index (κ2) is 7.00. The van der Waals surface area contributed by atoms with Gasteiger partial charge in [0.1, 0.15) is 11.6 Å². The molecular formula is C17H19BrN2O3. The zero-order valence-corrected chi connectivity index (χ0v) is 15.4. The molecule has 0 aliphatic carbocycles. The first-order valence-electron chi connectivity index (χ1n) is 7.05. The first-order valence-corrected chi connectivity index (χ1v) is 7.85. The van der Waals surface area contributed by atoms with Crippen LogP contribution in [0.3, 0.4) is 0 Å². The number of hydrogen-bond acceptors (Lipinski definition) is 5. The molecule has 0 atom stereocenters. The summed E-state index contributed by atoms with van der Waals surface area (Å²) in [4.78, 5) is 16.2. The number of halogens is 1. The van der Waals surface area contributed by atoms with Crippen molar-refractivity contribution in [2.24, 2.45) is 0 Å². The van der Waals surface area contributed by atoms with Gasteiger partial charge in [-0.25, -0.2) is 9.78 Å². The number of carbonyl (C=O) groups is 1. The molecule has 0 aliphatic rings. The first kappa shape index (κ1) is 17.3. The van der Waals surface area contributed by atoms with Crippen LogP contribution in [0, 0.1) is 20.8 Å². The van der Waals surface area contributed by atoms with Crippen LogP contribution >= 0.6 is 15.9 Å². The summed E-state index contributed by atoms with van der Waals surface area (Å²) in [6.45, 7) is 5.78. The number of nitrogens with zero attached hydrogens (tertiary/aromatic N) is 1. The van der Waals surface area contributed by atoms with Crippen molar-refractivity contribution in [3.63, 3.8) is 0 Å². The van der Waals surface area contributed by atoms with Crippen LogP contribution in [0.4, 0.5) is 11.5 Å². The Bertz CT molecular complexity index is 760. The molecule has 6 heteroatoms. The molecule has 0 saturated carbocycles. The highest BCUT2D eigenvalue weighted by atomic mass is 79.9. The van der Waals surface area contributed by atoms with Gasteiger partial charge in [-0.15, -0.1) is 0 Å². The lowest BCUT2D eigenvalue weighted by Gasteiger charge is -2.17. The monoisotopic (exact) mass is 378 g/mol. The molecule has 1 N–H and O–H groups in total. The van der Waals surface area contributed by atoms with Crippen LogP contribution in [0.25, 0.3) is 0 Å². The van der Waals surface area contributed by atoms with Gasteiger partial charge in [0.05, 0.1) is 18.7 Å². The Hall–Kier alpha value is -2.08. The predicted octanol–water partition coefficient (Wildman–Crippen LogP) is 4.31. The second-order valence-electron chi connectivity index (χ2n) is 5.19. The van der Waals surface area contributed by atoms with Crippen molar-refractivity contribution in [3.8, 4) is 5.75 Å². The van der Waals surface area contributed by atoms with Crippen LogP contribution in [0.5, 0.6) is 5.75 Å². The summed E-state index contributed by atoms with van der Waals surface area (Å²) in [6, 6.07) is 5.73. The van der Waals surface area contributed by atoms with E-state index in [0.717, 1.165) is 32.6 Å². The smallest absolute Gasteiger partial charge is 0.357 e. The predicted molar refractivity (Wildman–Crippen MR) is 93.8 cm³/mol. The fourth-order valence-electron chi connectivity index (χ4n) is 2.33. The number of rotatable bonds is 4. The highest BCUT2D eigenvalue weighted by Gasteiger charge is 2.16. The molecule has 0 amide bonds. The maximum Gasteiger partial charge on any atom is 0.357 e. The highest BCUT2D eigenvalue weighted by molar-refractivity contribution is 9.10. The molecule has 0 saturated heterocycles. The van der Waals surface area contributed by atoms with Gasteiger partial charge in [0.25, 0.3) is 0 Å². The van der Waals surface area contributed by atoms with E-state index >= 15 is 0 Å². The maximum atomic E-state index is 11.8. The standard InChI is InChI=1S/C17H19BrN2O3/c1-9-6-7-13(22-4)11(3)14(9)19-16-12(18)8-10(2)15(20-16)17(21)23-5/h6-8H,1-5H3,(H,19,20). The number of aryl methyl sites for hydroxylation is 2. The fraction of sp³-hybridized carbons (Fsp3) is 0.294. The Morgan fingerprint density at radius 3 is 2.48 bits per heavy atom. The van der Waals surface area contributed by atoms with Crippen molar-refractivity contribution in [1.82, 2.24) is 4.98 Å². The van der Waals surface area contributed by atoms with Crippen LogP contribution in [0.15, 0.2) is 22.7 Å². The molecule has 5 nitrogen and oxygen atoms in total. The van der Waals surface area contributed by atoms with Gasteiger partial charge in [0.15, 0.2) is 5.69 Å². The minimum absolute atomic E-state index is 0.288. The Morgan fingerprint density at radius 1 is 1.17 bits per heavy atom. The van der Waals surface area contributed by atoms with Crippen molar-refractivity contribution in [1.29, 1.82) is 0 Å². The van der Waals surface area contributed by atoms with Crippen molar-refractivity contribution in [2.75, 3.05) is 19.5 Å². The third-order valence-electron chi connectivity index (χ3n) is 3.63. The summed E-state index contributed by atoms with van der Waals surface area (Å²) in [5.74, 6) is 0.877. The van der Waals surface area contributed by atoms with Gasteiger partial charge in [-0.2, -0.15) is 0 Å². The summed E-state index contributed by atoms with van der Waals surface area (Å²) in [6.07, 6.45) is 0. The number of nitrogens with one attached hydrogen (secondary N) is 1. The van der Waals surface area contributed by atoms with E-state index in [2.05, 4.69) is 26.2 Å². The second-order valence-corrected chi connectivity index (χ2v) is 6.04. The summed E-state index contributed by atoms with van der Waals surface area (Å²) in [5.41, 5.74) is 3.96. The van der Waals surface area contributed by atoms with Gasteiger partial charge >= 0.3 is 5.97 Å². The van der Waals surface area contributed by atoms with Crippen molar-refractivity contribution in [2.45, 2.75) is 20.8 Å². The number of hydrogen-bond donors (Lipinski definition) is 1. The molecule has 1 heterocycles. The zero-order chi connectivity index (χ0) is 17.1. The van der Waals surface area contributed by atoms with E-state index in [-0.39, 0.29) is 5.69 Å². The van der Waals surface area contributed by atoms with E-state index in [1.54, 1.807) is 7.11 Å². The van der Waals surface area contributed by atoms with Crippen molar-refractivity contribution in [3.05, 3.63) is 45.1 Å². The van der Waals surface area contributed by atoms with Crippen LogP contribution in [-0.4, -0.2) is 25.2 Å². The van der Waals surface area contributed by atoms with E-state index < -0.39 is 5.97 Å². The molecule has 122 valence electrons. The van der Waals surface area contributed by atoms with E-state index in [4.69, 9.17) is 9.47 Å². The minimum atomic E-state index is -0.461. The maximum absolute atomic E-state index is 11.8. The molecule has 0 unspecified atom stereocenters. The van der Waals surface area contributed by atoms with Gasteiger partial charge in [0, 0.05) is 11.3 Å². The normalized spacial score (nSPS) is 10.3. The Labute approximate surface area is 144 Å². The van der Waals surface area contributed by atoms with Gasteiger partial charge in [-0.05, 0) is 60.0 Å². The van der Waals surface area contributed by atoms with E-state index in [1.165, 1.54) is 7.11 Å². The molecule has 23 heavy (non-hydrogen) atoms. The molecule has 2 aromatic rings. The lowest BCUT2D eigenvalue weighted by atomic mass is 10.1. The molecule has 0 aliphatic heterocycles. The molecular weight excluding hydrogens is 360 g/mol. The van der Waals surface area contributed by atoms with Gasteiger partial charge in [0.2, 0.25) is 0 Å². The largest absolute Gasteiger partial charge is 0.496 e. The van der Waals surface area contributed by atoms with E-state index in [9.17, 15) is 4.79 Å². The van der Waals surface area contributed by atoms with E-state index in [1.807, 2.05) is 39.0 Å². The highest BCUT2D eigenvalue weighted by Crippen LogP contribution is 2.33. The molecule has 1 aromatic heterocycles. The lowest BCUT2D eigenvalue weighted by Crippen LogP contribution is -2.10. The number of methoxy groups -OCH3 is 2. The number of esters is 1. The Kier molecular flexibility index (Phi) is 5.26. The topological polar surface area (TPSA) is 60.5 Å². The van der Waals surface area contributed by atoms with Gasteiger partial charge in [-0.1, -0.05) is 6.07 Å². The average molecular weight is 379 g/mol. The summed E-state index contributed by atoms with van der Waals surface area (Å²) >= 11 is 3.49. The van der Waals surface area contributed by atoms with Crippen LogP contribution < -0.4 is 10.1 Å². The zero-order valence-electron chi connectivity index (χ0n) is 13.8. The quantitative estimate of drug-likeness (QED) is 0.803. The molecule has 0 bridgehead atoms. The summed E-state index contributed by atoms with van der Waals surface area (Å²) in [5, 5.41) is 3.28. The number of aromatic nitrogens is 1. The molecule has 2 rings (SSSR count). The Morgan fingerprint density at radius 2 is 1.87 bits per heavy atom. The lowest BCUT2D eigenvalue weighted by molar-refractivity contribution is 0.0593. The van der Waals surface area contributed by atoms with Crippen LogP contribution in [-0.2, 0) is 4.74 Å². The van der Waals surface area contributed by atoms with Gasteiger partial charge in [-0.3, -0.25) is 0 Å². The number of anilines is 2. The number of carbonyl (C=O) groups excluding carboxylic acids is 1. The number of ether oxygens (including phenoxy) is 2. The SMILES string of the molecule is COC(=O)c1nc(Nc2c(C)ccc(OC)c2C)c(Br)cc1C. The molecule has 0 spiro atoms. The minimum Gasteiger partial charge on any atom is -0.496 e. The third-order valence-corrected chi connectivity index (χ3v) is 4.24. The van der Waals surface area contributed by atoms with Crippen molar-refractivity contribution < 1.29 is 14.3 Å². The van der Waals surface area contributed by atoms with Crippen LogP contribution in [0.2, 0.25) is 0 Å². The fourth-order valence-corrected chi connectivity index (χ4v) is 2.86. The average Bonchev–Trinajstić information content (AvgIpc) is 2.52. The molecule has 0 fully saturated rings. The number of pyridine rings is 1. The first-order chi connectivity index (χ1) is 10.9.